The SMILES string of the molecule is COC(=O)c1ccc(N(NN)C(C)=O)cc1. The topological polar surface area (TPSA) is 84.7 Å². The van der Waals surface area contributed by atoms with E-state index >= 15 is 0 Å². The lowest BCUT2D eigenvalue weighted by molar-refractivity contribution is -0.117. The lowest BCUT2D eigenvalue weighted by atomic mass is 10.2. The molecule has 0 unspecified atom stereocenters. The van der Waals surface area contributed by atoms with Crippen LogP contribution < -0.4 is 16.4 Å². The highest BCUT2D eigenvalue weighted by atomic mass is 16.5. The molecule has 0 fully saturated rings. The summed E-state index contributed by atoms with van der Waals surface area (Å²) in [4.78, 5) is 22.3. The molecule has 6 nitrogen and oxygen atoms in total. The first kappa shape index (κ1) is 12.2. The van der Waals surface area contributed by atoms with E-state index in [0.717, 1.165) is 5.01 Å². The summed E-state index contributed by atoms with van der Waals surface area (Å²) in [6.07, 6.45) is 0. The molecule has 0 radical (unpaired) electrons. The van der Waals surface area contributed by atoms with E-state index in [1.54, 1.807) is 24.3 Å². The van der Waals surface area contributed by atoms with Crippen LogP contribution in [-0.4, -0.2) is 19.0 Å². The molecule has 0 bridgehead atoms. The number of hydrogen-bond donors (Lipinski definition) is 2. The normalized spacial score (nSPS) is 9.69. The molecule has 0 aliphatic rings. The molecule has 0 spiro atoms. The van der Waals surface area contributed by atoms with E-state index < -0.39 is 5.97 Å². The van der Waals surface area contributed by atoms with Crippen LogP contribution >= 0.6 is 0 Å². The van der Waals surface area contributed by atoms with Crippen LogP contribution in [0, 0.1) is 0 Å². The van der Waals surface area contributed by atoms with Gasteiger partial charge in [-0.15, -0.1) is 0 Å². The summed E-state index contributed by atoms with van der Waals surface area (Å²) in [6, 6.07) is 6.28. The number of hydrogen-bond acceptors (Lipinski definition) is 5. The number of carbonyl (C=O) groups excluding carboxylic acids is 2. The van der Waals surface area contributed by atoms with Gasteiger partial charge >= 0.3 is 5.97 Å². The number of hydrazine groups is 2. The minimum absolute atomic E-state index is 0.256. The minimum atomic E-state index is -0.429. The Labute approximate surface area is 92.9 Å². The van der Waals surface area contributed by atoms with Crippen molar-refractivity contribution in [3.8, 4) is 0 Å². The highest BCUT2D eigenvalue weighted by Crippen LogP contribution is 2.13. The molecule has 0 aromatic heterocycles. The summed E-state index contributed by atoms with van der Waals surface area (Å²) in [5, 5.41) is 1.15. The van der Waals surface area contributed by atoms with Gasteiger partial charge in [-0.25, -0.2) is 9.80 Å². The lowest BCUT2D eigenvalue weighted by Crippen LogP contribution is -2.46. The Morgan fingerprint density at radius 2 is 1.88 bits per heavy atom. The Kier molecular flexibility index (Phi) is 3.98. The number of rotatable bonds is 3. The van der Waals surface area contributed by atoms with Gasteiger partial charge in [-0.1, -0.05) is 0 Å². The second-order valence-electron chi connectivity index (χ2n) is 3.02. The maximum absolute atomic E-state index is 11.2. The van der Waals surface area contributed by atoms with Crippen LogP contribution in [0.1, 0.15) is 17.3 Å². The maximum atomic E-state index is 11.2. The van der Waals surface area contributed by atoms with Gasteiger partial charge in [0.05, 0.1) is 18.4 Å². The van der Waals surface area contributed by atoms with E-state index in [1.165, 1.54) is 14.0 Å². The monoisotopic (exact) mass is 223 g/mol. The number of nitrogens with one attached hydrogen (secondary N) is 1. The number of nitrogens with two attached hydrogens (primary N) is 1. The van der Waals surface area contributed by atoms with Crippen molar-refractivity contribution in [1.29, 1.82) is 0 Å². The maximum Gasteiger partial charge on any atom is 0.337 e. The molecule has 16 heavy (non-hydrogen) atoms. The fourth-order valence-electron chi connectivity index (χ4n) is 1.21. The molecule has 1 aromatic carbocycles. The van der Waals surface area contributed by atoms with E-state index in [1.807, 2.05) is 0 Å². The molecule has 6 heteroatoms. The summed E-state index contributed by atoms with van der Waals surface area (Å²) in [6.45, 7) is 1.37. The van der Waals surface area contributed by atoms with Crippen LogP contribution in [0.4, 0.5) is 5.69 Å². The second kappa shape index (κ2) is 5.24. The van der Waals surface area contributed by atoms with Gasteiger partial charge in [0.2, 0.25) is 5.91 Å². The van der Waals surface area contributed by atoms with Gasteiger partial charge in [-0.2, -0.15) is 5.53 Å². The average molecular weight is 223 g/mol. The molecule has 0 heterocycles. The predicted octanol–water partition coefficient (Wildman–Crippen LogP) is 0.204. The first-order valence-electron chi connectivity index (χ1n) is 4.55. The van der Waals surface area contributed by atoms with Crippen molar-refractivity contribution in [3.05, 3.63) is 29.8 Å². The third kappa shape index (κ3) is 2.56. The molecule has 1 amide bonds. The quantitative estimate of drug-likeness (QED) is 0.434. The number of amides is 1. The number of anilines is 1. The van der Waals surface area contributed by atoms with Gasteiger partial charge in [0, 0.05) is 6.92 Å². The molecular weight excluding hydrogens is 210 g/mol. The molecule has 0 saturated heterocycles. The van der Waals surface area contributed by atoms with E-state index in [9.17, 15) is 9.59 Å². The molecule has 86 valence electrons. The number of methoxy groups -OCH3 is 1. The van der Waals surface area contributed by atoms with Gasteiger partial charge in [-0.3, -0.25) is 10.6 Å². The standard InChI is InChI=1S/C10H13N3O3/c1-7(14)13(12-11)9-5-3-8(4-6-9)10(15)16-2/h3-6,12H,11H2,1-2H3. The number of carbonyl (C=O) groups is 2. The summed E-state index contributed by atoms with van der Waals surface area (Å²) in [5.74, 6) is 4.51. The van der Waals surface area contributed by atoms with Crippen molar-refractivity contribution in [2.45, 2.75) is 6.92 Å². The van der Waals surface area contributed by atoms with Crippen LogP contribution in [0.2, 0.25) is 0 Å². The van der Waals surface area contributed by atoms with Crippen molar-refractivity contribution >= 4 is 17.6 Å². The first-order valence-corrected chi connectivity index (χ1v) is 4.55. The van der Waals surface area contributed by atoms with Gasteiger partial charge in [0.1, 0.15) is 0 Å². The third-order valence-corrected chi connectivity index (χ3v) is 1.99. The van der Waals surface area contributed by atoms with Crippen molar-refractivity contribution < 1.29 is 14.3 Å². The molecule has 0 aliphatic heterocycles. The summed E-state index contributed by atoms with van der Waals surface area (Å²) in [5.41, 5.74) is 3.20. The van der Waals surface area contributed by atoms with Crippen LogP contribution in [0.25, 0.3) is 0 Å². The Hall–Kier alpha value is -1.92. The first-order chi connectivity index (χ1) is 7.60. The van der Waals surface area contributed by atoms with Gasteiger partial charge in [0.15, 0.2) is 0 Å². The molecule has 0 aliphatic carbocycles. The number of esters is 1. The summed E-state index contributed by atoms with van der Waals surface area (Å²) >= 11 is 0. The van der Waals surface area contributed by atoms with Crippen LogP contribution in [0.15, 0.2) is 24.3 Å². The number of nitrogens with zero attached hydrogens (tertiary/aromatic N) is 1. The van der Waals surface area contributed by atoms with Crippen molar-refractivity contribution in [2.75, 3.05) is 12.1 Å². The van der Waals surface area contributed by atoms with Crippen LogP contribution in [0.3, 0.4) is 0 Å². The molecule has 0 saturated carbocycles. The zero-order valence-electron chi connectivity index (χ0n) is 9.06. The fraction of sp³-hybridized carbons (Fsp3) is 0.200. The summed E-state index contributed by atoms with van der Waals surface area (Å²) < 4.78 is 4.55. The highest BCUT2D eigenvalue weighted by Gasteiger charge is 2.10. The number of ether oxygens (including phenoxy) is 1. The van der Waals surface area contributed by atoms with E-state index in [2.05, 4.69) is 10.3 Å². The second-order valence-corrected chi connectivity index (χ2v) is 3.02. The van der Waals surface area contributed by atoms with Crippen molar-refractivity contribution in [2.24, 2.45) is 5.84 Å². The van der Waals surface area contributed by atoms with Gasteiger partial charge in [-0.05, 0) is 24.3 Å². The molecule has 0 atom stereocenters. The minimum Gasteiger partial charge on any atom is -0.465 e. The Morgan fingerprint density at radius 3 is 2.25 bits per heavy atom. The van der Waals surface area contributed by atoms with Gasteiger partial charge < -0.3 is 4.74 Å². The smallest absolute Gasteiger partial charge is 0.337 e. The molecule has 1 aromatic rings. The summed E-state index contributed by atoms with van der Waals surface area (Å²) in [7, 11) is 1.31. The molecular formula is C10H13N3O3. The lowest BCUT2D eigenvalue weighted by Gasteiger charge is -2.18. The zero-order valence-corrected chi connectivity index (χ0v) is 9.06. The third-order valence-electron chi connectivity index (χ3n) is 1.99. The van der Waals surface area contributed by atoms with E-state index in [-0.39, 0.29) is 5.91 Å². The van der Waals surface area contributed by atoms with Gasteiger partial charge in [0.25, 0.3) is 0 Å². The molecule has 1 rings (SSSR count). The molecule has 3 N–H and O–H groups in total. The van der Waals surface area contributed by atoms with Crippen LogP contribution in [0.5, 0.6) is 0 Å². The fourth-order valence-corrected chi connectivity index (χ4v) is 1.21. The Bertz CT molecular complexity index is 389. The average Bonchev–Trinajstić information content (AvgIpc) is 2.29. The Balaban J connectivity index is 2.93. The highest BCUT2D eigenvalue weighted by molar-refractivity contribution is 5.92. The van der Waals surface area contributed by atoms with E-state index in [0.29, 0.717) is 11.3 Å². The number of benzene rings is 1. The predicted molar refractivity (Wildman–Crippen MR) is 58.3 cm³/mol. The van der Waals surface area contributed by atoms with Crippen molar-refractivity contribution in [1.82, 2.24) is 5.53 Å². The Morgan fingerprint density at radius 1 is 1.31 bits per heavy atom. The largest absolute Gasteiger partial charge is 0.465 e. The van der Waals surface area contributed by atoms with Crippen LogP contribution in [-0.2, 0) is 9.53 Å². The zero-order chi connectivity index (χ0) is 12.1. The van der Waals surface area contributed by atoms with E-state index in [4.69, 9.17) is 5.84 Å². The van der Waals surface area contributed by atoms with Crippen molar-refractivity contribution in [3.63, 3.8) is 0 Å².